The molecule has 2 heteroatoms. The third-order valence-corrected chi connectivity index (χ3v) is 3.95. The zero-order valence-corrected chi connectivity index (χ0v) is 14.3. The van der Waals surface area contributed by atoms with Gasteiger partial charge >= 0.3 is 0 Å². The lowest BCUT2D eigenvalue weighted by Crippen LogP contribution is -1.96. The molecule has 5 rings (SSSR count). The highest BCUT2D eigenvalue weighted by atomic mass is 16.3. The van der Waals surface area contributed by atoms with E-state index in [1.54, 1.807) is 48.5 Å². The van der Waals surface area contributed by atoms with Gasteiger partial charge in [-0.2, -0.15) is 0 Å². The first-order chi connectivity index (χ1) is 12.8. The molecule has 1 aliphatic carbocycles. The molecule has 0 saturated heterocycles. The lowest BCUT2D eigenvalue weighted by Gasteiger charge is -2.22. The summed E-state index contributed by atoms with van der Waals surface area (Å²) in [5.41, 5.74) is 5.59. The maximum absolute atomic E-state index is 8.63. The molecule has 0 radical (unpaired) electrons. The van der Waals surface area contributed by atoms with Crippen molar-refractivity contribution in [1.82, 2.24) is 0 Å². The first-order valence-corrected chi connectivity index (χ1v) is 8.42. The maximum atomic E-state index is 8.63. The van der Waals surface area contributed by atoms with E-state index in [2.05, 4.69) is 48.5 Å². The molecule has 128 valence electrons. The van der Waals surface area contributed by atoms with Gasteiger partial charge in [0, 0.05) is 0 Å². The van der Waals surface area contributed by atoms with Crippen LogP contribution in [0.3, 0.4) is 0 Å². The van der Waals surface area contributed by atoms with Crippen LogP contribution in [0.15, 0.2) is 109 Å². The molecule has 0 bridgehead atoms. The molecule has 1 aliphatic rings. The topological polar surface area (TPSA) is 40.5 Å². The van der Waals surface area contributed by atoms with E-state index in [1.807, 2.05) is 12.1 Å². The predicted molar refractivity (Wildman–Crippen MR) is 107 cm³/mol. The Balaban J connectivity index is 0.000000122. The van der Waals surface area contributed by atoms with Crippen molar-refractivity contribution in [1.29, 1.82) is 0 Å². The lowest BCUT2D eigenvalue weighted by atomic mass is 9.81. The molecule has 0 aromatic heterocycles. The molecule has 0 spiro atoms. The summed E-state index contributed by atoms with van der Waals surface area (Å²) in [5, 5.41) is 17.3. The van der Waals surface area contributed by atoms with E-state index in [4.69, 9.17) is 10.2 Å². The normalized spacial score (nSPS) is 9.85. The number of rotatable bonds is 0. The van der Waals surface area contributed by atoms with Crippen LogP contribution in [-0.4, -0.2) is 10.2 Å². The van der Waals surface area contributed by atoms with Gasteiger partial charge in [-0.05, 0) is 46.5 Å². The summed E-state index contributed by atoms with van der Waals surface area (Å²) in [4.78, 5) is 0. The second-order valence-corrected chi connectivity index (χ2v) is 5.76. The SMILES string of the molecule is Oc1ccccc1.Oc1ccccc1.c1ccc2c(c1)-c1ccccc1-2. The molecule has 26 heavy (non-hydrogen) atoms. The minimum absolute atomic E-state index is 0.322. The Bertz CT molecular complexity index is 810. The second kappa shape index (κ2) is 8.54. The molecule has 4 aromatic carbocycles. The molecule has 0 aliphatic heterocycles. The monoisotopic (exact) mass is 340 g/mol. The molecule has 0 fully saturated rings. The Hall–Kier alpha value is -3.52. The number of hydrogen-bond donors (Lipinski definition) is 2. The van der Waals surface area contributed by atoms with Crippen LogP contribution >= 0.6 is 0 Å². The minimum atomic E-state index is 0.322. The number of hydrogen-bond acceptors (Lipinski definition) is 2. The van der Waals surface area contributed by atoms with Gasteiger partial charge in [-0.15, -0.1) is 0 Å². The van der Waals surface area contributed by atoms with Gasteiger partial charge in [0.2, 0.25) is 0 Å². The number of phenolic OH excluding ortho intramolecular Hbond substituents is 2. The zero-order chi connectivity index (χ0) is 18.2. The van der Waals surface area contributed by atoms with Gasteiger partial charge in [0.15, 0.2) is 0 Å². The molecule has 0 atom stereocenters. The fraction of sp³-hybridized carbons (Fsp3) is 0. The first-order valence-electron chi connectivity index (χ1n) is 8.42. The zero-order valence-electron chi connectivity index (χ0n) is 14.3. The summed E-state index contributed by atoms with van der Waals surface area (Å²) in [6.45, 7) is 0. The average Bonchev–Trinajstić information content (AvgIpc) is 2.68. The highest BCUT2D eigenvalue weighted by molar-refractivity contribution is 6.02. The molecular weight excluding hydrogens is 320 g/mol. The Morgan fingerprint density at radius 3 is 0.731 bits per heavy atom. The summed E-state index contributed by atoms with van der Waals surface area (Å²) in [7, 11) is 0. The summed E-state index contributed by atoms with van der Waals surface area (Å²) in [6.07, 6.45) is 0. The summed E-state index contributed by atoms with van der Waals surface area (Å²) >= 11 is 0. The van der Waals surface area contributed by atoms with Crippen LogP contribution in [-0.2, 0) is 0 Å². The van der Waals surface area contributed by atoms with E-state index >= 15 is 0 Å². The van der Waals surface area contributed by atoms with Crippen LogP contribution in [0.4, 0.5) is 0 Å². The van der Waals surface area contributed by atoms with Gasteiger partial charge in [0.05, 0.1) is 0 Å². The van der Waals surface area contributed by atoms with Gasteiger partial charge in [0.25, 0.3) is 0 Å². The number of para-hydroxylation sites is 2. The summed E-state index contributed by atoms with van der Waals surface area (Å²) in [6, 6.07) is 34.5. The highest BCUT2D eigenvalue weighted by Crippen LogP contribution is 2.46. The maximum Gasteiger partial charge on any atom is 0.115 e. The largest absolute Gasteiger partial charge is 0.508 e. The third kappa shape index (κ3) is 4.31. The van der Waals surface area contributed by atoms with E-state index < -0.39 is 0 Å². The number of fused-ring (bicyclic) bond motifs is 4. The third-order valence-electron chi connectivity index (χ3n) is 3.95. The Kier molecular flexibility index (Phi) is 5.69. The molecule has 2 nitrogen and oxygen atoms in total. The van der Waals surface area contributed by atoms with Crippen molar-refractivity contribution in [2.45, 2.75) is 0 Å². The van der Waals surface area contributed by atoms with Crippen molar-refractivity contribution in [3.8, 4) is 33.8 Å². The Morgan fingerprint density at radius 2 is 0.538 bits per heavy atom. The van der Waals surface area contributed by atoms with Gasteiger partial charge < -0.3 is 10.2 Å². The van der Waals surface area contributed by atoms with E-state index in [1.165, 1.54) is 22.3 Å². The lowest BCUT2D eigenvalue weighted by molar-refractivity contribution is 0.475. The van der Waals surface area contributed by atoms with E-state index in [0.717, 1.165) is 0 Å². The Labute approximate surface area is 153 Å². The van der Waals surface area contributed by atoms with Crippen molar-refractivity contribution in [2.75, 3.05) is 0 Å². The van der Waals surface area contributed by atoms with Gasteiger partial charge in [-0.3, -0.25) is 0 Å². The van der Waals surface area contributed by atoms with Crippen molar-refractivity contribution in [3.05, 3.63) is 109 Å². The van der Waals surface area contributed by atoms with Gasteiger partial charge in [0.1, 0.15) is 11.5 Å². The minimum Gasteiger partial charge on any atom is -0.508 e. The van der Waals surface area contributed by atoms with Crippen LogP contribution in [0.1, 0.15) is 0 Å². The van der Waals surface area contributed by atoms with Crippen molar-refractivity contribution in [3.63, 3.8) is 0 Å². The molecular formula is C24H20O2. The van der Waals surface area contributed by atoms with E-state index in [0.29, 0.717) is 11.5 Å². The van der Waals surface area contributed by atoms with Crippen LogP contribution in [0.5, 0.6) is 11.5 Å². The smallest absolute Gasteiger partial charge is 0.115 e. The molecule has 0 heterocycles. The number of phenols is 2. The second-order valence-electron chi connectivity index (χ2n) is 5.76. The number of benzene rings is 4. The van der Waals surface area contributed by atoms with Crippen molar-refractivity contribution >= 4 is 0 Å². The molecule has 0 saturated carbocycles. The van der Waals surface area contributed by atoms with Crippen molar-refractivity contribution < 1.29 is 10.2 Å². The summed E-state index contributed by atoms with van der Waals surface area (Å²) in [5.74, 6) is 0.644. The van der Waals surface area contributed by atoms with Crippen LogP contribution in [0, 0.1) is 0 Å². The van der Waals surface area contributed by atoms with Crippen LogP contribution in [0.25, 0.3) is 22.3 Å². The quantitative estimate of drug-likeness (QED) is 0.356. The fourth-order valence-corrected chi connectivity index (χ4v) is 2.70. The summed E-state index contributed by atoms with van der Waals surface area (Å²) < 4.78 is 0. The first kappa shape index (κ1) is 17.3. The molecule has 0 unspecified atom stereocenters. The number of aromatic hydroxyl groups is 2. The van der Waals surface area contributed by atoms with Gasteiger partial charge in [-0.1, -0.05) is 84.9 Å². The molecule has 4 aromatic rings. The van der Waals surface area contributed by atoms with E-state index in [9.17, 15) is 0 Å². The highest BCUT2D eigenvalue weighted by Gasteiger charge is 2.19. The standard InChI is InChI=1S/C12H8.2C6H6O/c1-2-6-10-9(5-1)11-7-3-4-8-12(10)11;2*7-6-4-2-1-3-5-6/h1-8H;2*1-5,7H. The predicted octanol–water partition coefficient (Wildman–Crippen LogP) is 6.12. The average molecular weight is 340 g/mol. The molecule has 0 amide bonds. The van der Waals surface area contributed by atoms with Crippen LogP contribution in [0.2, 0.25) is 0 Å². The van der Waals surface area contributed by atoms with Crippen LogP contribution < -0.4 is 0 Å². The Morgan fingerprint density at radius 1 is 0.308 bits per heavy atom. The molecule has 2 N–H and O–H groups in total. The van der Waals surface area contributed by atoms with Crippen molar-refractivity contribution in [2.24, 2.45) is 0 Å². The van der Waals surface area contributed by atoms with E-state index in [-0.39, 0.29) is 0 Å². The van der Waals surface area contributed by atoms with Gasteiger partial charge in [-0.25, -0.2) is 0 Å². The fourth-order valence-electron chi connectivity index (χ4n) is 2.70.